The fourth-order valence-corrected chi connectivity index (χ4v) is 3.98. The smallest absolute Gasteiger partial charge is 0.272 e. The zero-order valence-corrected chi connectivity index (χ0v) is 12.8. The zero-order valence-electron chi connectivity index (χ0n) is 12.8. The number of aromatic nitrogens is 2. The molecule has 0 bridgehead atoms. The Bertz CT molecular complexity index is 517. The van der Waals surface area contributed by atoms with Gasteiger partial charge in [0.05, 0.1) is 0 Å². The van der Waals surface area contributed by atoms with Crippen molar-refractivity contribution in [3.63, 3.8) is 0 Å². The Morgan fingerprint density at radius 2 is 1.95 bits per heavy atom. The molecule has 22 heavy (non-hydrogen) atoms. The number of rotatable bonds is 3. The Morgan fingerprint density at radius 3 is 2.73 bits per heavy atom. The minimum atomic E-state index is -2.50. The molecule has 0 spiro atoms. The number of alkyl halides is 2. The van der Waals surface area contributed by atoms with E-state index in [9.17, 15) is 13.6 Å². The van der Waals surface area contributed by atoms with Crippen LogP contribution in [-0.2, 0) is 6.54 Å². The van der Waals surface area contributed by atoms with Crippen molar-refractivity contribution >= 4 is 5.91 Å². The van der Waals surface area contributed by atoms with Crippen molar-refractivity contribution in [2.45, 2.75) is 64.0 Å². The Morgan fingerprint density at radius 1 is 1.23 bits per heavy atom. The van der Waals surface area contributed by atoms with Gasteiger partial charge in [0.2, 0.25) is 0 Å². The van der Waals surface area contributed by atoms with Crippen LogP contribution >= 0.6 is 0 Å². The number of hydrogen-bond acceptors (Lipinski definition) is 2. The van der Waals surface area contributed by atoms with Crippen molar-refractivity contribution in [3.8, 4) is 0 Å². The molecule has 2 heterocycles. The van der Waals surface area contributed by atoms with E-state index in [2.05, 4.69) is 5.10 Å². The Labute approximate surface area is 129 Å². The number of amides is 1. The Kier molecular flexibility index (Phi) is 4.74. The standard InChI is InChI=1S/C16H23F2N3O/c17-15(18)11-21-14(8-9-19-21)16(22)20-10-4-3-6-12-5-1-2-7-13(12)20/h8-9,12-13,15H,1-7,10-11H2/t12-,13+/m1/s1. The molecule has 0 unspecified atom stereocenters. The van der Waals surface area contributed by atoms with E-state index in [1.165, 1.54) is 25.5 Å². The monoisotopic (exact) mass is 311 g/mol. The van der Waals surface area contributed by atoms with Crippen molar-refractivity contribution in [2.24, 2.45) is 5.92 Å². The van der Waals surface area contributed by atoms with E-state index in [4.69, 9.17) is 0 Å². The second kappa shape index (κ2) is 6.75. The molecule has 1 saturated heterocycles. The number of fused-ring (bicyclic) bond motifs is 1. The van der Waals surface area contributed by atoms with E-state index < -0.39 is 13.0 Å². The molecule has 3 rings (SSSR count). The lowest BCUT2D eigenvalue weighted by Crippen LogP contribution is -2.45. The van der Waals surface area contributed by atoms with Gasteiger partial charge in [-0.25, -0.2) is 8.78 Å². The number of nitrogens with zero attached hydrogens (tertiary/aromatic N) is 3. The van der Waals surface area contributed by atoms with Crippen molar-refractivity contribution in [1.29, 1.82) is 0 Å². The van der Waals surface area contributed by atoms with Crippen LogP contribution in [0, 0.1) is 5.92 Å². The molecule has 1 aliphatic carbocycles. The fraction of sp³-hybridized carbons (Fsp3) is 0.750. The van der Waals surface area contributed by atoms with Crippen molar-refractivity contribution in [3.05, 3.63) is 18.0 Å². The van der Waals surface area contributed by atoms with Gasteiger partial charge in [-0.1, -0.05) is 19.3 Å². The topological polar surface area (TPSA) is 38.1 Å². The molecule has 1 saturated carbocycles. The number of likely N-dealkylation sites (tertiary alicyclic amines) is 1. The molecule has 1 aliphatic heterocycles. The highest BCUT2D eigenvalue weighted by atomic mass is 19.3. The van der Waals surface area contributed by atoms with Gasteiger partial charge < -0.3 is 4.90 Å². The molecule has 6 heteroatoms. The molecule has 0 aromatic carbocycles. The lowest BCUT2D eigenvalue weighted by atomic mass is 9.81. The molecule has 2 aliphatic rings. The summed E-state index contributed by atoms with van der Waals surface area (Å²) in [5, 5.41) is 3.89. The zero-order chi connectivity index (χ0) is 15.5. The van der Waals surface area contributed by atoms with Gasteiger partial charge in [0.15, 0.2) is 0 Å². The minimum Gasteiger partial charge on any atom is -0.334 e. The van der Waals surface area contributed by atoms with E-state index in [0.717, 1.165) is 36.9 Å². The molecular weight excluding hydrogens is 288 g/mol. The van der Waals surface area contributed by atoms with Gasteiger partial charge in [-0.3, -0.25) is 9.48 Å². The largest absolute Gasteiger partial charge is 0.334 e. The molecule has 0 N–H and O–H groups in total. The third-order valence-electron chi connectivity index (χ3n) is 5.00. The summed E-state index contributed by atoms with van der Waals surface area (Å²) in [5.41, 5.74) is 0.298. The fourth-order valence-electron chi connectivity index (χ4n) is 3.98. The van der Waals surface area contributed by atoms with E-state index >= 15 is 0 Å². The molecule has 2 fully saturated rings. The number of carbonyl (C=O) groups excluding carboxylic acids is 1. The van der Waals surface area contributed by atoms with Crippen LogP contribution in [0.15, 0.2) is 12.3 Å². The van der Waals surface area contributed by atoms with Crippen LogP contribution in [0.5, 0.6) is 0 Å². The van der Waals surface area contributed by atoms with E-state index in [1.807, 2.05) is 4.90 Å². The molecular formula is C16H23F2N3O. The molecule has 1 aromatic rings. The van der Waals surface area contributed by atoms with E-state index in [0.29, 0.717) is 11.6 Å². The summed E-state index contributed by atoms with van der Waals surface area (Å²) >= 11 is 0. The second-order valence-corrected chi connectivity index (χ2v) is 6.40. The minimum absolute atomic E-state index is 0.128. The van der Waals surface area contributed by atoms with E-state index in [1.54, 1.807) is 6.07 Å². The lowest BCUT2D eigenvalue weighted by Gasteiger charge is -2.38. The van der Waals surface area contributed by atoms with Crippen molar-refractivity contribution in [2.75, 3.05) is 6.54 Å². The van der Waals surface area contributed by atoms with Crippen LogP contribution in [-0.4, -0.2) is 39.6 Å². The van der Waals surface area contributed by atoms with Gasteiger partial charge in [0.1, 0.15) is 12.2 Å². The van der Waals surface area contributed by atoms with Gasteiger partial charge in [-0.15, -0.1) is 0 Å². The summed E-state index contributed by atoms with van der Waals surface area (Å²) < 4.78 is 26.4. The molecule has 2 atom stereocenters. The van der Waals surface area contributed by atoms with Gasteiger partial charge in [-0.05, 0) is 37.7 Å². The lowest BCUT2D eigenvalue weighted by molar-refractivity contribution is 0.0547. The van der Waals surface area contributed by atoms with Crippen LogP contribution in [0.1, 0.15) is 55.4 Å². The predicted octanol–water partition coefficient (Wildman–Crippen LogP) is 3.33. The molecule has 1 amide bonds. The first-order valence-electron chi connectivity index (χ1n) is 8.27. The quantitative estimate of drug-likeness (QED) is 0.859. The molecule has 4 nitrogen and oxygen atoms in total. The highest BCUT2D eigenvalue weighted by Gasteiger charge is 2.35. The second-order valence-electron chi connectivity index (χ2n) is 6.40. The van der Waals surface area contributed by atoms with Crippen molar-refractivity contribution in [1.82, 2.24) is 14.7 Å². The highest BCUT2D eigenvalue weighted by Crippen LogP contribution is 2.35. The first-order chi connectivity index (χ1) is 10.7. The van der Waals surface area contributed by atoms with Crippen LogP contribution in [0.25, 0.3) is 0 Å². The van der Waals surface area contributed by atoms with Gasteiger partial charge >= 0.3 is 0 Å². The Hall–Kier alpha value is -1.46. The third-order valence-corrected chi connectivity index (χ3v) is 5.00. The number of hydrogen-bond donors (Lipinski definition) is 0. The van der Waals surface area contributed by atoms with E-state index in [-0.39, 0.29) is 11.9 Å². The SMILES string of the molecule is O=C(c1ccnn1CC(F)F)N1CCCC[C@H]2CCCC[C@@H]21. The number of halogens is 2. The predicted molar refractivity (Wildman–Crippen MR) is 78.9 cm³/mol. The van der Waals surface area contributed by atoms with Gasteiger partial charge in [0, 0.05) is 18.8 Å². The van der Waals surface area contributed by atoms with Gasteiger partial charge in [-0.2, -0.15) is 5.10 Å². The summed E-state index contributed by atoms with van der Waals surface area (Å²) in [6.07, 6.45) is 6.90. The van der Waals surface area contributed by atoms with Crippen LogP contribution in [0.2, 0.25) is 0 Å². The number of carbonyl (C=O) groups is 1. The summed E-state index contributed by atoms with van der Waals surface area (Å²) in [4.78, 5) is 14.8. The molecule has 0 radical (unpaired) electrons. The Balaban J connectivity index is 1.82. The van der Waals surface area contributed by atoms with Crippen molar-refractivity contribution < 1.29 is 13.6 Å². The van der Waals surface area contributed by atoms with Crippen LogP contribution in [0.4, 0.5) is 8.78 Å². The van der Waals surface area contributed by atoms with Gasteiger partial charge in [0.25, 0.3) is 12.3 Å². The third kappa shape index (κ3) is 3.15. The first kappa shape index (κ1) is 15.4. The summed E-state index contributed by atoms with van der Waals surface area (Å²) in [5.74, 6) is 0.448. The first-order valence-corrected chi connectivity index (χ1v) is 8.27. The van der Waals surface area contributed by atoms with Crippen LogP contribution < -0.4 is 0 Å². The average molecular weight is 311 g/mol. The average Bonchev–Trinajstić information content (AvgIpc) is 2.83. The maximum Gasteiger partial charge on any atom is 0.272 e. The maximum absolute atomic E-state index is 12.9. The highest BCUT2D eigenvalue weighted by molar-refractivity contribution is 5.92. The summed E-state index contributed by atoms with van der Waals surface area (Å²) in [6.45, 7) is 0.218. The molecule has 122 valence electrons. The normalized spacial score (nSPS) is 25.9. The summed E-state index contributed by atoms with van der Waals surface area (Å²) in [6, 6.07) is 1.84. The molecule has 1 aromatic heterocycles. The summed E-state index contributed by atoms with van der Waals surface area (Å²) in [7, 11) is 0. The maximum atomic E-state index is 12.9. The van der Waals surface area contributed by atoms with Crippen LogP contribution in [0.3, 0.4) is 0 Å².